The molecule has 132 valence electrons. The molecule has 1 aromatic carbocycles. The second kappa shape index (κ2) is 7.13. The lowest BCUT2D eigenvalue weighted by atomic mass is 10.0. The number of likely N-dealkylation sites (N-methyl/N-ethyl adjacent to an activating group) is 1. The summed E-state index contributed by atoms with van der Waals surface area (Å²) >= 11 is 7.08. The van der Waals surface area contributed by atoms with Gasteiger partial charge in [-0.3, -0.25) is 4.98 Å². The van der Waals surface area contributed by atoms with Gasteiger partial charge < -0.3 is 14.6 Å². The average Bonchev–Trinajstić information content (AvgIpc) is 3.22. The Morgan fingerprint density at radius 2 is 1.92 bits per heavy atom. The maximum absolute atomic E-state index is 6.17. The quantitative estimate of drug-likeness (QED) is 0.659. The third-order valence-corrected chi connectivity index (χ3v) is 5.81. The number of furan rings is 1. The van der Waals surface area contributed by atoms with Crippen LogP contribution in [0.5, 0.6) is 0 Å². The fourth-order valence-corrected chi connectivity index (χ4v) is 4.10. The molecule has 6 heteroatoms. The molecule has 0 unspecified atom stereocenters. The summed E-state index contributed by atoms with van der Waals surface area (Å²) < 4.78 is 6.17. The molecule has 1 aliphatic rings. The molecule has 1 saturated heterocycles. The summed E-state index contributed by atoms with van der Waals surface area (Å²) in [5, 5.41) is 4.94. The molecule has 3 aromatic rings. The number of nitrogens with zero attached hydrogens (tertiary/aromatic N) is 2. The molecule has 0 bridgehead atoms. The van der Waals surface area contributed by atoms with Gasteiger partial charge in [-0.05, 0) is 55.5 Å². The van der Waals surface area contributed by atoms with E-state index in [9.17, 15) is 0 Å². The number of hydrogen-bond acceptors (Lipinski definition) is 4. The first-order valence-electron chi connectivity index (χ1n) is 8.40. The smallest absolute Gasteiger partial charge is 0.170 e. The van der Waals surface area contributed by atoms with Crippen LogP contribution in [-0.4, -0.2) is 22.0 Å². The van der Waals surface area contributed by atoms with Gasteiger partial charge in [-0.1, -0.05) is 35.5 Å². The number of aromatic nitrogens is 1. The van der Waals surface area contributed by atoms with Crippen molar-refractivity contribution in [3.05, 3.63) is 77.8 Å². The van der Waals surface area contributed by atoms with E-state index in [1.165, 1.54) is 5.56 Å². The molecule has 0 saturated carbocycles. The van der Waals surface area contributed by atoms with Gasteiger partial charge in [-0.2, -0.15) is 0 Å². The minimum absolute atomic E-state index is 0.0234. The van der Waals surface area contributed by atoms with Gasteiger partial charge in [0, 0.05) is 18.1 Å². The van der Waals surface area contributed by atoms with Crippen molar-refractivity contribution in [3.63, 3.8) is 0 Å². The molecule has 0 spiro atoms. The van der Waals surface area contributed by atoms with Crippen molar-refractivity contribution >= 4 is 29.1 Å². The Morgan fingerprint density at radius 1 is 1.12 bits per heavy atom. The molecule has 4 rings (SSSR count). The standard InChI is InChI=1S/C20H19N3OS2/c1-13-6-8-14(9-7-13)26-17-11-10-16(24-17)19-18(22-20(25)23(19)2)15-5-3-4-12-21-15/h3-12,18-19H,1-2H3,(H,22,25)/t18-,19+/m0/s1. The molecular weight excluding hydrogens is 362 g/mol. The maximum Gasteiger partial charge on any atom is 0.170 e. The Labute approximate surface area is 162 Å². The van der Waals surface area contributed by atoms with Crippen molar-refractivity contribution < 1.29 is 4.42 Å². The predicted octanol–water partition coefficient (Wildman–Crippen LogP) is 4.74. The third-order valence-electron chi connectivity index (χ3n) is 4.47. The van der Waals surface area contributed by atoms with Gasteiger partial charge in [0.05, 0.1) is 11.7 Å². The van der Waals surface area contributed by atoms with Crippen LogP contribution >= 0.6 is 24.0 Å². The minimum atomic E-state index is -0.0305. The van der Waals surface area contributed by atoms with E-state index >= 15 is 0 Å². The summed E-state index contributed by atoms with van der Waals surface area (Å²) in [6.07, 6.45) is 1.80. The van der Waals surface area contributed by atoms with E-state index in [2.05, 4.69) is 41.5 Å². The lowest BCUT2D eigenvalue weighted by Crippen LogP contribution is -2.24. The van der Waals surface area contributed by atoms with Gasteiger partial charge in [0.1, 0.15) is 11.8 Å². The molecule has 1 aliphatic heterocycles. The maximum atomic E-state index is 6.17. The normalized spacial score (nSPS) is 19.6. The number of hydrogen-bond donors (Lipinski definition) is 1. The van der Waals surface area contributed by atoms with Crippen molar-refractivity contribution in [2.75, 3.05) is 7.05 Å². The Balaban J connectivity index is 1.60. The van der Waals surface area contributed by atoms with Crippen LogP contribution in [0.2, 0.25) is 0 Å². The number of thiocarbonyl (C=S) groups is 1. The second-order valence-corrected chi connectivity index (χ2v) is 7.77. The summed E-state index contributed by atoms with van der Waals surface area (Å²) in [7, 11) is 1.98. The van der Waals surface area contributed by atoms with E-state index in [1.807, 2.05) is 42.3 Å². The Hall–Kier alpha value is -2.31. The molecule has 26 heavy (non-hydrogen) atoms. The van der Waals surface area contributed by atoms with Crippen molar-refractivity contribution in [1.82, 2.24) is 15.2 Å². The van der Waals surface area contributed by atoms with Gasteiger partial charge >= 0.3 is 0 Å². The molecule has 1 N–H and O–H groups in total. The van der Waals surface area contributed by atoms with Crippen LogP contribution in [0.25, 0.3) is 0 Å². The fraction of sp³-hybridized carbons (Fsp3) is 0.200. The van der Waals surface area contributed by atoms with Gasteiger partial charge in [0.2, 0.25) is 0 Å². The highest BCUT2D eigenvalue weighted by Crippen LogP contribution is 2.40. The number of rotatable bonds is 4. The summed E-state index contributed by atoms with van der Waals surface area (Å²) in [5.41, 5.74) is 2.20. The van der Waals surface area contributed by atoms with Crippen LogP contribution in [0.15, 0.2) is 75.2 Å². The number of aryl methyl sites for hydroxylation is 1. The Morgan fingerprint density at radius 3 is 2.65 bits per heavy atom. The summed E-state index contributed by atoms with van der Waals surface area (Å²) in [5.74, 6) is 0.880. The first kappa shape index (κ1) is 17.1. The topological polar surface area (TPSA) is 41.3 Å². The van der Waals surface area contributed by atoms with Crippen LogP contribution in [0, 0.1) is 6.92 Å². The summed E-state index contributed by atoms with van der Waals surface area (Å²) in [6, 6.07) is 18.3. The van der Waals surface area contributed by atoms with E-state index in [0.717, 1.165) is 21.4 Å². The highest BCUT2D eigenvalue weighted by molar-refractivity contribution is 7.99. The Kier molecular flexibility index (Phi) is 4.70. The molecule has 4 nitrogen and oxygen atoms in total. The van der Waals surface area contributed by atoms with Gasteiger partial charge in [0.25, 0.3) is 0 Å². The van der Waals surface area contributed by atoms with Gasteiger partial charge in [-0.15, -0.1) is 0 Å². The SMILES string of the molecule is Cc1ccc(Sc2ccc([C@@H]3[C@H](c4ccccn4)NC(=S)N3C)o2)cc1. The van der Waals surface area contributed by atoms with Crippen molar-refractivity contribution in [2.24, 2.45) is 0 Å². The first-order valence-corrected chi connectivity index (χ1v) is 9.63. The van der Waals surface area contributed by atoms with Gasteiger partial charge in [-0.25, -0.2) is 0 Å². The van der Waals surface area contributed by atoms with E-state index in [0.29, 0.717) is 5.11 Å². The molecule has 1 fully saturated rings. The van der Waals surface area contributed by atoms with E-state index in [4.69, 9.17) is 16.6 Å². The van der Waals surface area contributed by atoms with E-state index in [-0.39, 0.29) is 12.1 Å². The zero-order valence-corrected chi connectivity index (χ0v) is 16.2. The zero-order valence-electron chi connectivity index (χ0n) is 14.5. The molecule has 0 aliphatic carbocycles. The Bertz CT molecular complexity index is 908. The van der Waals surface area contributed by atoms with Crippen molar-refractivity contribution in [1.29, 1.82) is 0 Å². The van der Waals surface area contributed by atoms with E-state index < -0.39 is 0 Å². The van der Waals surface area contributed by atoms with Crippen molar-refractivity contribution in [2.45, 2.75) is 29.0 Å². The molecule has 2 aromatic heterocycles. The first-order chi connectivity index (χ1) is 12.6. The van der Waals surface area contributed by atoms with Crippen molar-refractivity contribution in [3.8, 4) is 0 Å². The zero-order chi connectivity index (χ0) is 18.1. The highest BCUT2D eigenvalue weighted by atomic mass is 32.2. The van der Waals surface area contributed by atoms with Gasteiger partial charge in [0.15, 0.2) is 10.2 Å². The molecule has 0 amide bonds. The minimum Gasteiger partial charge on any atom is -0.452 e. The molecular formula is C20H19N3OS2. The summed E-state index contributed by atoms with van der Waals surface area (Å²) in [4.78, 5) is 7.69. The van der Waals surface area contributed by atoms with Crippen LogP contribution in [-0.2, 0) is 0 Å². The second-order valence-electron chi connectivity index (χ2n) is 6.31. The van der Waals surface area contributed by atoms with Crippen LogP contribution in [0.4, 0.5) is 0 Å². The fourth-order valence-electron chi connectivity index (χ4n) is 3.09. The van der Waals surface area contributed by atoms with Crippen LogP contribution in [0.3, 0.4) is 0 Å². The number of nitrogens with one attached hydrogen (secondary N) is 1. The largest absolute Gasteiger partial charge is 0.452 e. The third kappa shape index (κ3) is 3.34. The predicted molar refractivity (Wildman–Crippen MR) is 107 cm³/mol. The highest BCUT2D eigenvalue weighted by Gasteiger charge is 2.39. The molecule has 3 heterocycles. The van der Waals surface area contributed by atoms with Crippen LogP contribution in [0.1, 0.15) is 29.1 Å². The lowest BCUT2D eigenvalue weighted by molar-refractivity contribution is 0.289. The number of benzene rings is 1. The lowest BCUT2D eigenvalue weighted by Gasteiger charge is -2.21. The molecule has 0 radical (unpaired) electrons. The van der Waals surface area contributed by atoms with Crippen LogP contribution < -0.4 is 5.32 Å². The van der Waals surface area contributed by atoms with E-state index in [1.54, 1.807) is 18.0 Å². The summed E-state index contributed by atoms with van der Waals surface area (Å²) in [6.45, 7) is 2.09. The number of pyridine rings is 1. The monoisotopic (exact) mass is 381 g/mol. The molecule has 2 atom stereocenters. The average molecular weight is 382 g/mol.